The monoisotopic (exact) mass is 264 g/mol. The minimum Gasteiger partial charge on any atom is -0.491 e. The largest absolute Gasteiger partial charge is 0.491 e. The standard InChI is InChI=1S/C16H24O3/c1-5-12(2)19-14-8-6-13(7-9-14)15-16(3,10-17-4)11-18-15/h6-9,12,15H,5,10-11H2,1-4H3. The van der Waals surface area contributed by atoms with E-state index in [0.29, 0.717) is 0 Å². The smallest absolute Gasteiger partial charge is 0.119 e. The minimum atomic E-state index is 0.0911. The molecular formula is C16H24O3. The van der Waals surface area contributed by atoms with Crippen LogP contribution in [0.5, 0.6) is 5.75 Å². The average Bonchev–Trinajstić information content (AvgIpc) is 2.40. The van der Waals surface area contributed by atoms with E-state index in [9.17, 15) is 0 Å². The van der Waals surface area contributed by atoms with Crippen molar-refractivity contribution in [1.29, 1.82) is 0 Å². The molecule has 1 aromatic carbocycles. The highest BCUT2D eigenvalue weighted by Crippen LogP contribution is 2.46. The Bertz CT molecular complexity index is 401. The predicted octanol–water partition coefficient (Wildman–Crippen LogP) is 3.59. The molecule has 0 aliphatic carbocycles. The van der Waals surface area contributed by atoms with Gasteiger partial charge in [0.15, 0.2) is 0 Å². The molecule has 0 N–H and O–H groups in total. The Hall–Kier alpha value is -1.06. The fourth-order valence-electron chi connectivity index (χ4n) is 2.43. The molecule has 0 radical (unpaired) electrons. The van der Waals surface area contributed by atoms with Crippen LogP contribution in [-0.4, -0.2) is 26.4 Å². The molecule has 1 aromatic rings. The SMILES string of the molecule is CCC(C)Oc1ccc(C2OCC2(C)COC)cc1. The first-order chi connectivity index (χ1) is 9.09. The van der Waals surface area contributed by atoms with Gasteiger partial charge in [-0.25, -0.2) is 0 Å². The van der Waals surface area contributed by atoms with Gasteiger partial charge in [0.1, 0.15) is 5.75 Å². The number of hydrogen-bond donors (Lipinski definition) is 0. The van der Waals surface area contributed by atoms with Gasteiger partial charge in [0, 0.05) is 12.5 Å². The zero-order valence-electron chi connectivity index (χ0n) is 12.3. The van der Waals surface area contributed by atoms with E-state index in [0.717, 1.165) is 25.4 Å². The Morgan fingerprint density at radius 1 is 1.37 bits per heavy atom. The van der Waals surface area contributed by atoms with Gasteiger partial charge >= 0.3 is 0 Å². The second-order valence-corrected chi connectivity index (χ2v) is 5.68. The molecule has 3 nitrogen and oxygen atoms in total. The van der Waals surface area contributed by atoms with Crippen LogP contribution in [0.4, 0.5) is 0 Å². The van der Waals surface area contributed by atoms with Gasteiger partial charge < -0.3 is 14.2 Å². The van der Waals surface area contributed by atoms with Gasteiger partial charge in [-0.1, -0.05) is 26.0 Å². The van der Waals surface area contributed by atoms with E-state index >= 15 is 0 Å². The summed E-state index contributed by atoms with van der Waals surface area (Å²) in [7, 11) is 1.74. The van der Waals surface area contributed by atoms with Crippen molar-refractivity contribution in [1.82, 2.24) is 0 Å². The maximum Gasteiger partial charge on any atom is 0.119 e. The van der Waals surface area contributed by atoms with Crippen LogP contribution in [0.1, 0.15) is 38.9 Å². The highest BCUT2D eigenvalue weighted by molar-refractivity contribution is 5.30. The maximum absolute atomic E-state index is 5.78. The molecule has 0 amide bonds. The van der Waals surface area contributed by atoms with Gasteiger partial charge in [0.2, 0.25) is 0 Å². The number of hydrogen-bond acceptors (Lipinski definition) is 3. The quantitative estimate of drug-likeness (QED) is 0.786. The van der Waals surface area contributed by atoms with Gasteiger partial charge in [-0.15, -0.1) is 0 Å². The molecule has 0 spiro atoms. The van der Waals surface area contributed by atoms with Crippen molar-refractivity contribution in [2.45, 2.75) is 39.4 Å². The summed E-state index contributed by atoms with van der Waals surface area (Å²) >= 11 is 0. The molecule has 1 fully saturated rings. The normalized spacial score (nSPS) is 27.7. The third-order valence-electron chi connectivity index (χ3n) is 3.78. The number of methoxy groups -OCH3 is 1. The molecule has 0 bridgehead atoms. The second-order valence-electron chi connectivity index (χ2n) is 5.68. The summed E-state index contributed by atoms with van der Waals surface area (Å²) < 4.78 is 16.8. The Labute approximate surface area is 115 Å². The summed E-state index contributed by atoms with van der Waals surface area (Å²) in [6, 6.07) is 8.23. The van der Waals surface area contributed by atoms with Crippen LogP contribution in [0.3, 0.4) is 0 Å². The Morgan fingerprint density at radius 3 is 2.53 bits per heavy atom. The van der Waals surface area contributed by atoms with Gasteiger partial charge in [-0.2, -0.15) is 0 Å². The predicted molar refractivity (Wildman–Crippen MR) is 75.5 cm³/mol. The summed E-state index contributed by atoms with van der Waals surface area (Å²) in [4.78, 5) is 0. The molecule has 3 heteroatoms. The molecule has 3 unspecified atom stereocenters. The third kappa shape index (κ3) is 3.10. The van der Waals surface area contributed by atoms with Crippen LogP contribution >= 0.6 is 0 Å². The number of ether oxygens (including phenoxy) is 3. The molecule has 2 rings (SSSR count). The van der Waals surface area contributed by atoms with Crippen LogP contribution in [-0.2, 0) is 9.47 Å². The van der Waals surface area contributed by atoms with Crippen molar-refractivity contribution >= 4 is 0 Å². The van der Waals surface area contributed by atoms with Gasteiger partial charge in [-0.3, -0.25) is 0 Å². The summed E-state index contributed by atoms with van der Waals surface area (Å²) in [6.45, 7) is 7.89. The van der Waals surface area contributed by atoms with E-state index in [1.54, 1.807) is 7.11 Å². The maximum atomic E-state index is 5.78. The molecule has 1 aliphatic heterocycles. The molecule has 106 valence electrons. The Balaban J connectivity index is 2.02. The van der Waals surface area contributed by atoms with E-state index in [1.165, 1.54) is 5.56 Å². The van der Waals surface area contributed by atoms with Crippen LogP contribution in [0.2, 0.25) is 0 Å². The molecule has 0 aromatic heterocycles. The lowest BCUT2D eigenvalue weighted by molar-refractivity contribution is -0.203. The van der Waals surface area contributed by atoms with E-state index in [2.05, 4.69) is 32.9 Å². The first-order valence-corrected chi connectivity index (χ1v) is 6.96. The summed E-state index contributed by atoms with van der Waals surface area (Å²) in [5.74, 6) is 0.922. The third-order valence-corrected chi connectivity index (χ3v) is 3.78. The lowest BCUT2D eigenvalue weighted by Crippen LogP contribution is -2.46. The van der Waals surface area contributed by atoms with Crippen LogP contribution in [0.25, 0.3) is 0 Å². The second kappa shape index (κ2) is 5.93. The first-order valence-electron chi connectivity index (χ1n) is 6.96. The Kier molecular flexibility index (Phi) is 4.48. The van der Waals surface area contributed by atoms with Crippen molar-refractivity contribution < 1.29 is 14.2 Å². The lowest BCUT2D eigenvalue weighted by Gasteiger charge is -2.46. The van der Waals surface area contributed by atoms with Crippen LogP contribution in [0.15, 0.2) is 24.3 Å². The molecule has 1 saturated heterocycles. The molecule has 0 saturated carbocycles. The van der Waals surface area contributed by atoms with Gasteiger partial charge in [0.05, 0.1) is 25.4 Å². The fourth-order valence-corrected chi connectivity index (χ4v) is 2.43. The highest BCUT2D eigenvalue weighted by atomic mass is 16.5. The molecule has 1 aliphatic rings. The van der Waals surface area contributed by atoms with Crippen molar-refractivity contribution in [2.75, 3.05) is 20.3 Å². The number of rotatable bonds is 6. The topological polar surface area (TPSA) is 27.7 Å². The molecular weight excluding hydrogens is 240 g/mol. The van der Waals surface area contributed by atoms with E-state index in [-0.39, 0.29) is 17.6 Å². The van der Waals surface area contributed by atoms with Crippen LogP contribution < -0.4 is 4.74 Å². The number of benzene rings is 1. The summed E-state index contributed by atoms with van der Waals surface area (Å²) in [5.41, 5.74) is 1.29. The lowest BCUT2D eigenvalue weighted by atomic mass is 9.77. The zero-order chi connectivity index (χ0) is 13.9. The van der Waals surface area contributed by atoms with Crippen molar-refractivity contribution in [3.05, 3.63) is 29.8 Å². The van der Waals surface area contributed by atoms with E-state index in [4.69, 9.17) is 14.2 Å². The zero-order valence-corrected chi connectivity index (χ0v) is 12.3. The minimum absolute atomic E-state index is 0.0911. The molecule has 1 heterocycles. The Morgan fingerprint density at radius 2 is 2.05 bits per heavy atom. The van der Waals surface area contributed by atoms with E-state index < -0.39 is 0 Å². The van der Waals surface area contributed by atoms with Gasteiger partial charge in [0.25, 0.3) is 0 Å². The highest BCUT2D eigenvalue weighted by Gasteiger charge is 2.45. The van der Waals surface area contributed by atoms with Gasteiger partial charge in [-0.05, 0) is 31.0 Å². The van der Waals surface area contributed by atoms with E-state index in [1.807, 2.05) is 12.1 Å². The summed E-state index contributed by atoms with van der Waals surface area (Å²) in [5, 5.41) is 0. The van der Waals surface area contributed by atoms with Crippen molar-refractivity contribution in [3.8, 4) is 5.75 Å². The summed E-state index contributed by atoms with van der Waals surface area (Å²) in [6.07, 6.45) is 1.40. The molecule has 19 heavy (non-hydrogen) atoms. The fraction of sp³-hybridized carbons (Fsp3) is 0.625. The van der Waals surface area contributed by atoms with Crippen molar-refractivity contribution in [3.63, 3.8) is 0 Å². The van der Waals surface area contributed by atoms with Crippen LogP contribution in [0, 0.1) is 5.41 Å². The average molecular weight is 264 g/mol. The van der Waals surface area contributed by atoms with Crippen molar-refractivity contribution in [2.24, 2.45) is 5.41 Å². The molecule has 3 atom stereocenters. The first kappa shape index (κ1) is 14.4.